The number of benzene rings is 3. The average molecular weight is 420 g/mol. The lowest BCUT2D eigenvalue weighted by Crippen LogP contribution is -2.40. The number of carbonyl (C=O) groups excluding carboxylic acids is 1. The minimum atomic E-state index is -3.77. The summed E-state index contributed by atoms with van der Waals surface area (Å²) < 4.78 is 28.3. The molecular formula is C25H25NO3S. The fourth-order valence-corrected chi connectivity index (χ4v) is 5.83. The summed E-state index contributed by atoms with van der Waals surface area (Å²) in [6.07, 6.45) is 0.903. The van der Waals surface area contributed by atoms with Crippen LogP contribution in [0.4, 0.5) is 0 Å². The standard InChI is InChI=1S/C25H25NO3S/c1-19-12-14-23(15-13-19)30(28,29)26-18-22(27)17-25(26)24(21-10-6-3-7-11-21)16-20-8-4-2-5-9-20/h2-15,24-25H,16-18H2,1H3/t24-,25+/m1/s1. The lowest BCUT2D eigenvalue weighted by molar-refractivity contribution is -0.116. The Morgan fingerprint density at radius 3 is 2.13 bits per heavy atom. The minimum absolute atomic E-state index is 0.0373. The Morgan fingerprint density at radius 2 is 1.50 bits per heavy atom. The first-order valence-corrected chi connectivity index (χ1v) is 11.6. The molecule has 5 heteroatoms. The van der Waals surface area contributed by atoms with Gasteiger partial charge in [0.1, 0.15) is 5.78 Å². The number of aryl methyl sites for hydroxylation is 1. The number of hydrogen-bond acceptors (Lipinski definition) is 3. The Kier molecular flexibility index (Phi) is 5.84. The summed E-state index contributed by atoms with van der Waals surface area (Å²) >= 11 is 0. The summed E-state index contributed by atoms with van der Waals surface area (Å²) in [6, 6.07) is 26.4. The number of hydrogen-bond donors (Lipinski definition) is 0. The van der Waals surface area contributed by atoms with Gasteiger partial charge in [0, 0.05) is 18.4 Å². The molecule has 0 bridgehead atoms. The van der Waals surface area contributed by atoms with Crippen molar-refractivity contribution in [1.82, 2.24) is 4.31 Å². The molecule has 0 spiro atoms. The quantitative estimate of drug-likeness (QED) is 0.597. The SMILES string of the molecule is Cc1ccc(S(=O)(=O)N2CC(=O)C[C@H]2[C@H](Cc2ccccc2)c2ccccc2)cc1. The van der Waals surface area contributed by atoms with Crippen molar-refractivity contribution < 1.29 is 13.2 Å². The summed E-state index contributed by atoms with van der Waals surface area (Å²) in [5, 5.41) is 0. The molecule has 0 radical (unpaired) electrons. The maximum absolute atomic E-state index is 13.5. The molecule has 4 nitrogen and oxygen atoms in total. The first-order valence-electron chi connectivity index (χ1n) is 10.1. The lowest BCUT2D eigenvalue weighted by Gasteiger charge is -2.31. The molecule has 0 aliphatic carbocycles. The number of ketones is 1. The highest BCUT2D eigenvalue weighted by Gasteiger charge is 2.43. The van der Waals surface area contributed by atoms with Crippen LogP contribution in [0.3, 0.4) is 0 Å². The fourth-order valence-electron chi connectivity index (χ4n) is 4.19. The molecule has 3 aromatic carbocycles. The van der Waals surface area contributed by atoms with E-state index in [1.165, 1.54) is 4.31 Å². The molecule has 2 atom stereocenters. The van der Waals surface area contributed by atoms with Crippen molar-refractivity contribution in [3.8, 4) is 0 Å². The van der Waals surface area contributed by atoms with E-state index in [4.69, 9.17) is 0 Å². The zero-order valence-electron chi connectivity index (χ0n) is 16.9. The molecule has 1 aliphatic heterocycles. The maximum atomic E-state index is 13.5. The van der Waals surface area contributed by atoms with E-state index < -0.39 is 16.1 Å². The van der Waals surface area contributed by atoms with Crippen molar-refractivity contribution in [2.24, 2.45) is 0 Å². The van der Waals surface area contributed by atoms with Crippen molar-refractivity contribution in [3.05, 3.63) is 102 Å². The van der Waals surface area contributed by atoms with Crippen LogP contribution >= 0.6 is 0 Å². The predicted molar refractivity (Wildman–Crippen MR) is 118 cm³/mol. The van der Waals surface area contributed by atoms with Gasteiger partial charge in [0.2, 0.25) is 10.0 Å². The van der Waals surface area contributed by atoms with Crippen molar-refractivity contribution in [3.63, 3.8) is 0 Å². The van der Waals surface area contributed by atoms with Gasteiger partial charge in [-0.2, -0.15) is 4.31 Å². The molecule has 0 unspecified atom stereocenters. The van der Waals surface area contributed by atoms with Crippen LogP contribution in [0.1, 0.15) is 29.0 Å². The Hall–Kier alpha value is -2.76. The molecule has 4 rings (SSSR count). The van der Waals surface area contributed by atoms with Gasteiger partial charge in [-0.1, -0.05) is 78.4 Å². The van der Waals surface area contributed by atoms with Gasteiger partial charge in [-0.3, -0.25) is 4.79 Å². The van der Waals surface area contributed by atoms with Gasteiger partial charge in [-0.05, 0) is 36.6 Å². The molecule has 0 amide bonds. The molecule has 1 fully saturated rings. The maximum Gasteiger partial charge on any atom is 0.243 e. The van der Waals surface area contributed by atoms with E-state index in [1.807, 2.05) is 67.6 Å². The fraction of sp³-hybridized carbons (Fsp3) is 0.240. The molecule has 0 aromatic heterocycles. The van der Waals surface area contributed by atoms with Crippen LogP contribution in [0.15, 0.2) is 89.8 Å². The summed E-state index contributed by atoms with van der Waals surface area (Å²) in [6.45, 7) is 1.85. The van der Waals surface area contributed by atoms with E-state index in [2.05, 4.69) is 0 Å². The zero-order chi connectivity index (χ0) is 21.1. The Bertz CT molecular complexity index is 1110. The second-order valence-electron chi connectivity index (χ2n) is 7.88. The minimum Gasteiger partial charge on any atom is -0.298 e. The number of nitrogens with zero attached hydrogens (tertiary/aromatic N) is 1. The molecule has 1 heterocycles. The highest BCUT2D eigenvalue weighted by atomic mass is 32.2. The average Bonchev–Trinajstić information content (AvgIpc) is 3.16. The molecule has 0 saturated carbocycles. The van der Waals surface area contributed by atoms with Gasteiger partial charge in [0.25, 0.3) is 0 Å². The molecule has 3 aromatic rings. The van der Waals surface area contributed by atoms with E-state index in [9.17, 15) is 13.2 Å². The van der Waals surface area contributed by atoms with Crippen LogP contribution in [0.5, 0.6) is 0 Å². The Morgan fingerprint density at radius 1 is 0.900 bits per heavy atom. The second-order valence-corrected chi connectivity index (χ2v) is 9.77. The smallest absolute Gasteiger partial charge is 0.243 e. The molecule has 1 saturated heterocycles. The first-order chi connectivity index (χ1) is 14.4. The van der Waals surface area contributed by atoms with E-state index in [0.29, 0.717) is 6.42 Å². The van der Waals surface area contributed by atoms with Crippen molar-refractivity contribution >= 4 is 15.8 Å². The molecule has 154 valence electrons. The van der Waals surface area contributed by atoms with Crippen LogP contribution < -0.4 is 0 Å². The number of rotatable bonds is 6. The molecular weight excluding hydrogens is 394 g/mol. The van der Waals surface area contributed by atoms with Gasteiger partial charge in [-0.15, -0.1) is 0 Å². The number of sulfonamides is 1. The number of Topliss-reactive ketones (excluding diaryl/α,β-unsaturated/α-hetero) is 1. The Labute approximate surface area is 178 Å². The van der Waals surface area contributed by atoms with E-state index >= 15 is 0 Å². The van der Waals surface area contributed by atoms with Crippen molar-refractivity contribution in [2.75, 3.05) is 6.54 Å². The monoisotopic (exact) mass is 419 g/mol. The third kappa shape index (κ3) is 4.23. The van der Waals surface area contributed by atoms with Gasteiger partial charge in [0.05, 0.1) is 11.4 Å². The molecule has 0 N–H and O–H groups in total. The van der Waals surface area contributed by atoms with Crippen LogP contribution in [0, 0.1) is 6.92 Å². The topological polar surface area (TPSA) is 54.5 Å². The zero-order valence-corrected chi connectivity index (χ0v) is 17.8. The van der Waals surface area contributed by atoms with E-state index in [0.717, 1.165) is 16.7 Å². The van der Waals surface area contributed by atoms with Gasteiger partial charge in [0.15, 0.2) is 0 Å². The van der Waals surface area contributed by atoms with Crippen LogP contribution in [-0.4, -0.2) is 31.1 Å². The van der Waals surface area contributed by atoms with Crippen LogP contribution in [-0.2, 0) is 21.2 Å². The van der Waals surface area contributed by atoms with Gasteiger partial charge < -0.3 is 0 Å². The van der Waals surface area contributed by atoms with E-state index in [-0.39, 0.29) is 29.6 Å². The van der Waals surface area contributed by atoms with Crippen LogP contribution in [0.2, 0.25) is 0 Å². The first kappa shape index (κ1) is 20.5. The summed E-state index contributed by atoms with van der Waals surface area (Å²) in [5.74, 6) is -0.148. The lowest BCUT2D eigenvalue weighted by atomic mass is 9.85. The second kappa shape index (κ2) is 8.54. The third-order valence-corrected chi connectivity index (χ3v) is 7.64. The summed E-state index contributed by atoms with van der Waals surface area (Å²) in [7, 11) is -3.77. The Balaban J connectivity index is 1.74. The normalized spacial score (nSPS) is 18.4. The molecule has 30 heavy (non-hydrogen) atoms. The third-order valence-electron chi connectivity index (χ3n) is 5.76. The predicted octanol–water partition coefficient (Wildman–Crippen LogP) is 4.35. The highest BCUT2D eigenvalue weighted by molar-refractivity contribution is 7.89. The van der Waals surface area contributed by atoms with Crippen molar-refractivity contribution in [2.45, 2.75) is 36.6 Å². The largest absolute Gasteiger partial charge is 0.298 e. The van der Waals surface area contributed by atoms with Crippen LogP contribution in [0.25, 0.3) is 0 Å². The highest BCUT2D eigenvalue weighted by Crippen LogP contribution is 2.36. The molecule has 1 aliphatic rings. The van der Waals surface area contributed by atoms with Crippen molar-refractivity contribution in [1.29, 1.82) is 0 Å². The number of carbonyl (C=O) groups is 1. The summed E-state index contributed by atoms with van der Waals surface area (Å²) in [5.41, 5.74) is 3.16. The van der Waals surface area contributed by atoms with E-state index in [1.54, 1.807) is 24.3 Å². The van der Waals surface area contributed by atoms with Gasteiger partial charge in [-0.25, -0.2) is 8.42 Å². The van der Waals surface area contributed by atoms with Gasteiger partial charge >= 0.3 is 0 Å². The summed E-state index contributed by atoms with van der Waals surface area (Å²) in [4.78, 5) is 12.7.